The lowest BCUT2D eigenvalue weighted by Gasteiger charge is -2.20. The number of carboxylic acid groups (broad SMARTS) is 1. The molecule has 104 valence electrons. The Morgan fingerprint density at radius 1 is 1.21 bits per heavy atom. The van der Waals surface area contributed by atoms with Crippen molar-refractivity contribution in [3.63, 3.8) is 0 Å². The Morgan fingerprint density at radius 3 is 2.32 bits per heavy atom. The van der Waals surface area contributed by atoms with Crippen LogP contribution in [0.4, 0.5) is 10.5 Å². The highest BCUT2D eigenvalue weighted by atomic mass is 16.4. The topological polar surface area (TPSA) is 69.6 Å². The molecular weight excluding hydrogens is 244 g/mol. The second-order valence-electron chi connectivity index (χ2n) is 4.30. The molecule has 0 bridgehead atoms. The SMILES string of the molecule is CCCN(CC(=O)O)C(=O)Nc1ccc(CC)cc1. The van der Waals surface area contributed by atoms with Crippen molar-refractivity contribution in [1.82, 2.24) is 4.90 Å². The second-order valence-corrected chi connectivity index (χ2v) is 4.30. The van der Waals surface area contributed by atoms with E-state index in [2.05, 4.69) is 12.2 Å². The molecule has 0 aliphatic carbocycles. The van der Waals surface area contributed by atoms with E-state index in [1.807, 2.05) is 31.2 Å². The molecule has 0 saturated carbocycles. The lowest BCUT2D eigenvalue weighted by molar-refractivity contribution is -0.137. The highest BCUT2D eigenvalue weighted by Gasteiger charge is 2.15. The number of anilines is 1. The highest BCUT2D eigenvalue weighted by molar-refractivity contribution is 5.91. The van der Waals surface area contributed by atoms with E-state index >= 15 is 0 Å². The van der Waals surface area contributed by atoms with E-state index in [1.165, 1.54) is 10.5 Å². The molecule has 0 spiro atoms. The van der Waals surface area contributed by atoms with Crippen molar-refractivity contribution in [3.05, 3.63) is 29.8 Å². The molecular formula is C14H20N2O3. The summed E-state index contributed by atoms with van der Waals surface area (Å²) < 4.78 is 0. The van der Waals surface area contributed by atoms with Crippen LogP contribution in [0.1, 0.15) is 25.8 Å². The summed E-state index contributed by atoms with van der Waals surface area (Å²) in [7, 11) is 0. The third-order valence-corrected chi connectivity index (χ3v) is 2.72. The molecule has 0 aliphatic heterocycles. The first-order valence-corrected chi connectivity index (χ1v) is 6.43. The van der Waals surface area contributed by atoms with Gasteiger partial charge in [-0.25, -0.2) is 4.79 Å². The van der Waals surface area contributed by atoms with E-state index in [-0.39, 0.29) is 12.6 Å². The molecule has 0 heterocycles. The maximum atomic E-state index is 11.9. The second kappa shape index (κ2) is 7.41. The number of benzene rings is 1. The maximum Gasteiger partial charge on any atom is 0.323 e. The molecule has 1 aromatic rings. The minimum Gasteiger partial charge on any atom is -0.480 e. The molecule has 19 heavy (non-hydrogen) atoms. The van der Waals surface area contributed by atoms with Gasteiger partial charge in [0.15, 0.2) is 0 Å². The number of amides is 2. The monoisotopic (exact) mass is 264 g/mol. The standard InChI is InChI=1S/C14H20N2O3/c1-3-9-16(10-13(17)18)14(19)15-12-7-5-11(4-2)6-8-12/h5-8H,3-4,9-10H2,1-2H3,(H,15,19)(H,17,18). The number of nitrogens with zero attached hydrogens (tertiary/aromatic N) is 1. The fourth-order valence-electron chi connectivity index (χ4n) is 1.71. The van der Waals surface area contributed by atoms with E-state index in [4.69, 9.17) is 5.11 Å². The molecule has 0 fully saturated rings. The number of urea groups is 1. The molecule has 0 radical (unpaired) electrons. The molecule has 0 aromatic heterocycles. The van der Waals surface area contributed by atoms with Gasteiger partial charge in [0.25, 0.3) is 0 Å². The minimum absolute atomic E-state index is 0.285. The van der Waals surface area contributed by atoms with Gasteiger partial charge in [-0.3, -0.25) is 4.79 Å². The van der Waals surface area contributed by atoms with Gasteiger partial charge in [-0.1, -0.05) is 26.0 Å². The van der Waals surface area contributed by atoms with Crippen molar-refractivity contribution in [3.8, 4) is 0 Å². The van der Waals surface area contributed by atoms with Gasteiger partial charge in [-0.15, -0.1) is 0 Å². The van der Waals surface area contributed by atoms with Gasteiger partial charge >= 0.3 is 12.0 Å². The van der Waals surface area contributed by atoms with Crippen molar-refractivity contribution in [2.75, 3.05) is 18.4 Å². The van der Waals surface area contributed by atoms with E-state index in [0.717, 1.165) is 12.8 Å². The third-order valence-electron chi connectivity index (χ3n) is 2.72. The zero-order chi connectivity index (χ0) is 14.3. The molecule has 0 aliphatic rings. The van der Waals surface area contributed by atoms with Crippen molar-refractivity contribution in [1.29, 1.82) is 0 Å². The van der Waals surface area contributed by atoms with Gasteiger partial charge < -0.3 is 15.3 Å². The first kappa shape index (κ1) is 15.0. The first-order chi connectivity index (χ1) is 9.06. The number of carbonyl (C=O) groups excluding carboxylic acids is 1. The summed E-state index contributed by atoms with van der Waals surface area (Å²) in [4.78, 5) is 23.9. The Bertz CT molecular complexity index is 429. The van der Waals surface area contributed by atoms with Gasteiger partial charge in [-0.05, 0) is 30.5 Å². The number of nitrogens with one attached hydrogen (secondary N) is 1. The van der Waals surface area contributed by atoms with Crippen molar-refractivity contribution in [2.24, 2.45) is 0 Å². The predicted octanol–water partition coefficient (Wildman–Crippen LogP) is 2.58. The largest absolute Gasteiger partial charge is 0.480 e. The van der Waals surface area contributed by atoms with Gasteiger partial charge in [-0.2, -0.15) is 0 Å². The maximum absolute atomic E-state index is 11.9. The normalized spacial score (nSPS) is 10.0. The van der Waals surface area contributed by atoms with Crippen LogP contribution < -0.4 is 5.32 Å². The molecule has 5 nitrogen and oxygen atoms in total. The van der Waals surface area contributed by atoms with Gasteiger partial charge in [0.1, 0.15) is 6.54 Å². The number of carboxylic acids is 1. The molecule has 5 heteroatoms. The molecule has 0 saturated heterocycles. The fourth-order valence-corrected chi connectivity index (χ4v) is 1.71. The van der Waals surface area contributed by atoms with Crippen LogP contribution in [0.15, 0.2) is 24.3 Å². The quantitative estimate of drug-likeness (QED) is 0.829. The lowest BCUT2D eigenvalue weighted by Crippen LogP contribution is -2.39. The molecule has 1 aromatic carbocycles. The van der Waals surface area contributed by atoms with Gasteiger partial charge in [0.2, 0.25) is 0 Å². The summed E-state index contributed by atoms with van der Waals surface area (Å²) in [6, 6.07) is 7.14. The van der Waals surface area contributed by atoms with Crippen LogP contribution in [-0.2, 0) is 11.2 Å². The van der Waals surface area contributed by atoms with Crippen molar-refractivity contribution < 1.29 is 14.7 Å². The Labute approximate surface area is 113 Å². The number of hydrogen-bond donors (Lipinski definition) is 2. The Kier molecular flexibility index (Phi) is 5.85. The zero-order valence-electron chi connectivity index (χ0n) is 11.3. The Hall–Kier alpha value is -2.04. The Balaban J connectivity index is 2.66. The summed E-state index contributed by atoms with van der Waals surface area (Å²) in [5.41, 5.74) is 1.86. The van der Waals surface area contributed by atoms with Crippen LogP contribution in [0.5, 0.6) is 0 Å². The van der Waals surface area contributed by atoms with E-state index in [9.17, 15) is 9.59 Å². The predicted molar refractivity (Wildman–Crippen MR) is 74.3 cm³/mol. The lowest BCUT2D eigenvalue weighted by atomic mass is 10.1. The highest BCUT2D eigenvalue weighted by Crippen LogP contribution is 2.11. The minimum atomic E-state index is -1.01. The van der Waals surface area contributed by atoms with Crippen LogP contribution in [0.3, 0.4) is 0 Å². The summed E-state index contributed by atoms with van der Waals surface area (Å²) in [5.74, 6) is -1.01. The van der Waals surface area contributed by atoms with E-state index in [1.54, 1.807) is 0 Å². The molecule has 2 N–H and O–H groups in total. The smallest absolute Gasteiger partial charge is 0.323 e. The fraction of sp³-hybridized carbons (Fsp3) is 0.429. The number of aryl methyl sites for hydroxylation is 1. The number of carbonyl (C=O) groups is 2. The van der Waals surface area contributed by atoms with E-state index < -0.39 is 5.97 Å². The van der Waals surface area contributed by atoms with E-state index in [0.29, 0.717) is 12.2 Å². The summed E-state index contributed by atoms with van der Waals surface area (Å²) in [6.07, 6.45) is 1.66. The molecule has 0 atom stereocenters. The molecule has 2 amide bonds. The molecule has 1 rings (SSSR count). The summed E-state index contributed by atoms with van der Waals surface area (Å²) in [6.45, 7) is 4.10. The van der Waals surface area contributed by atoms with Crippen molar-refractivity contribution >= 4 is 17.7 Å². The number of hydrogen-bond acceptors (Lipinski definition) is 2. The van der Waals surface area contributed by atoms with Crippen LogP contribution in [0, 0.1) is 0 Å². The summed E-state index contributed by atoms with van der Waals surface area (Å²) in [5, 5.41) is 11.5. The average Bonchev–Trinajstić information content (AvgIpc) is 2.38. The number of rotatable bonds is 6. The van der Waals surface area contributed by atoms with Crippen LogP contribution in [0.25, 0.3) is 0 Å². The van der Waals surface area contributed by atoms with Crippen LogP contribution in [-0.4, -0.2) is 35.1 Å². The summed E-state index contributed by atoms with van der Waals surface area (Å²) >= 11 is 0. The first-order valence-electron chi connectivity index (χ1n) is 6.43. The zero-order valence-corrected chi connectivity index (χ0v) is 11.3. The van der Waals surface area contributed by atoms with Gasteiger partial charge in [0, 0.05) is 12.2 Å². The van der Waals surface area contributed by atoms with Crippen LogP contribution >= 0.6 is 0 Å². The number of aliphatic carboxylic acids is 1. The van der Waals surface area contributed by atoms with Crippen LogP contribution in [0.2, 0.25) is 0 Å². The average molecular weight is 264 g/mol. The van der Waals surface area contributed by atoms with Crippen molar-refractivity contribution in [2.45, 2.75) is 26.7 Å². The molecule has 0 unspecified atom stereocenters. The van der Waals surface area contributed by atoms with Gasteiger partial charge in [0.05, 0.1) is 0 Å². The third kappa shape index (κ3) is 4.99. The Morgan fingerprint density at radius 2 is 1.84 bits per heavy atom.